The minimum atomic E-state index is -0.700. The van der Waals surface area contributed by atoms with Gasteiger partial charge in [0.15, 0.2) is 5.56 Å². The highest BCUT2D eigenvalue weighted by molar-refractivity contribution is 5.97. The van der Waals surface area contributed by atoms with Gasteiger partial charge in [-0.15, -0.1) is 0 Å². The van der Waals surface area contributed by atoms with E-state index in [1.54, 1.807) is 20.2 Å². The van der Waals surface area contributed by atoms with Gasteiger partial charge in [0.1, 0.15) is 5.65 Å². The maximum Gasteiger partial charge on any atom is 0.291 e. The SMILES string of the molecule is COCCN(C)C(=O)/C=C/c1cnn2c(=O)c(C(=O)NC3CC3)c(O)n(CC(C)C)c12. The third kappa shape index (κ3) is 4.96. The van der Waals surface area contributed by atoms with Gasteiger partial charge in [-0.2, -0.15) is 9.61 Å². The lowest BCUT2D eigenvalue weighted by Crippen LogP contribution is -2.34. The molecule has 2 heterocycles. The molecule has 1 aliphatic carbocycles. The predicted molar refractivity (Wildman–Crippen MR) is 115 cm³/mol. The minimum Gasteiger partial charge on any atom is -0.494 e. The number of carbonyl (C=O) groups is 2. The van der Waals surface area contributed by atoms with Gasteiger partial charge in [0.2, 0.25) is 11.8 Å². The fraction of sp³-hybridized carbons (Fsp3) is 0.524. The van der Waals surface area contributed by atoms with Gasteiger partial charge in [-0.25, -0.2) is 0 Å². The Morgan fingerprint density at radius 3 is 2.74 bits per heavy atom. The van der Waals surface area contributed by atoms with Gasteiger partial charge in [-0.3, -0.25) is 19.0 Å². The molecule has 10 heteroatoms. The van der Waals surface area contributed by atoms with Crippen LogP contribution in [0, 0.1) is 5.92 Å². The zero-order valence-corrected chi connectivity index (χ0v) is 18.3. The molecule has 1 aliphatic rings. The topological polar surface area (TPSA) is 118 Å². The Morgan fingerprint density at radius 2 is 2.13 bits per heavy atom. The number of ether oxygens (including phenoxy) is 1. The van der Waals surface area contributed by atoms with E-state index < -0.39 is 17.3 Å². The van der Waals surface area contributed by atoms with E-state index >= 15 is 0 Å². The zero-order valence-electron chi connectivity index (χ0n) is 18.3. The predicted octanol–water partition coefficient (Wildman–Crippen LogP) is 0.868. The molecule has 0 bridgehead atoms. The highest BCUT2D eigenvalue weighted by Gasteiger charge is 2.29. The van der Waals surface area contributed by atoms with Crippen LogP contribution in [-0.4, -0.2) is 69.4 Å². The zero-order chi connectivity index (χ0) is 22.7. The van der Waals surface area contributed by atoms with E-state index in [9.17, 15) is 19.5 Å². The molecule has 1 fully saturated rings. The molecule has 1 saturated carbocycles. The molecule has 2 aromatic heterocycles. The van der Waals surface area contributed by atoms with E-state index in [2.05, 4.69) is 10.4 Å². The van der Waals surface area contributed by atoms with Crippen molar-refractivity contribution >= 4 is 23.5 Å². The summed E-state index contributed by atoms with van der Waals surface area (Å²) in [6.45, 7) is 5.12. The monoisotopic (exact) mass is 431 g/mol. The van der Waals surface area contributed by atoms with Crippen LogP contribution in [0.1, 0.15) is 42.6 Å². The Morgan fingerprint density at radius 1 is 1.42 bits per heavy atom. The number of amides is 2. The van der Waals surface area contributed by atoms with Crippen molar-refractivity contribution < 1.29 is 19.4 Å². The third-order valence-electron chi connectivity index (χ3n) is 5.01. The number of aromatic hydroxyl groups is 1. The van der Waals surface area contributed by atoms with Gasteiger partial charge in [0.05, 0.1) is 12.8 Å². The van der Waals surface area contributed by atoms with Crippen LogP contribution in [0.4, 0.5) is 0 Å². The summed E-state index contributed by atoms with van der Waals surface area (Å²) in [7, 11) is 3.22. The van der Waals surface area contributed by atoms with E-state index in [1.807, 2.05) is 13.8 Å². The van der Waals surface area contributed by atoms with Crippen LogP contribution < -0.4 is 10.9 Å². The van der Waals surface area contributed by atoms with Crippen LogP contribution in [0.5, 0.6) is 5.88 Å². The maximum absolute atomic E-state index is 13.0. The highest BCUT2D eigenvalue weighted by atomic mass is 16.5. The number of rotatable bonds is 9. The van der Waals surface area contributed by atoms with Crippen LogP contribution in [-0.2, 0) is 16.1 Å². The number of nitrogens with zero attached hydrogens (tertiary/aromatic N) is 4. The number of methoxy groups -OCH3 is 1. The molecule has 2 aromatic rings. The molecular formula is C21H29N5O5. The Balaban J connectivity index is 2.04. The highest BCUT2D eigenvalue weighted by Crippen LogP contribution is 2.24. The molecule has 0 aliphatic heterocycles. The van der Waals surface area contributed by atoms with E-state index in [4.69, 9.17) is 4.74 Å². The first-order valence-electron chi connectivity index (χ1n) is 10.3. The molecule has 168 valence electrons. The van der Waals surface area contributed by atoms with Gasteiger partial charge >= 0.3 is 0 Å². The molecule has 31 heavy (non-hydrogen) atoms. The van der Waals surface area contributed by atoms with E-state index in [-0.39, 0.29) is 23.4 Å². The largest absolute Gasteiger partial charge is 0.494 e. The molecule has 0 aromatic carbocycles. The Labute approximate surface area is 180 Å². The fourth-order valence-corrected chi connectivity index (χ4v) is 3.18. The van der Waals surface area contributed by atoms with Crippen molar-refractivity contribution in [2.75, 3.05) is 27.3 Å². The number of likely N-dealkylation sites (N-methyl/N-ethyl adjacent to an activating group) is 1. The van der Waals surface area contributed by atoms with Crippen LogP contribution in [0.15, 0.2) is 17.1 Å². The van der Waals surface area contributed by atoms with Crippen LogP contribution in [0.3, 0.4) is 0 Å². The second kappa shape index (κ2) is 9.34. The van der Waals surface area contributed by atoms with Crippen LogP contribution >= 0.6 is 0 Å². The van der Waals surface area contributed by atoms with Gasteiger partial charge in [-0.1, -0.05) is 13.8 Å². The number of fused-ring (bicyclic) bond motifs is 1. The maximum atomic E-state index is 13.0. The third-order valence-corrected chi connectivity index (χ3v) is 5.01. The summed E-state index contributed by atoms with van der Waals surface area (Å²) in [5.74, 6) is -1.13. The lowest BCUT2D eigenvalue weighted by molar-refractivity contribution is -0.125. The summed E-state index contributed by atoms with van der Waals surface area (Å²) in [6.07, 6.45) is 6.08. The van der Waals surface area contributed by atoms with Crippen molar-refractivity contribution in [1.29, 1.82) is 0 Å². The average Bonchev–Trinajstić information content (AvgIpc) is 3.42. The van der Waals surface area contributed by atoms with Crippen molar-refractivity contribution in [2.24, 2.45) is 5.92 Å². The minimum absolute atomic E-state index is 0.0396. The number of aromatic nitrogens is 3. The van der Waals surface area contributed by atoms with Crippen molar-refractivity contribution in [2.45, 2.75) is 39.3 Å². The summed E-state index contributed by atoms with van der Waals surface area (Å²) in [5, 5.41) is 17.8. The second-order valence-electron chi connectivity index (χ2n) is 8.18. The average molecular weight is 431 g/mol. The second-order valence-corrected chi connectivity index (χ2v) is 8.18. The molecule has 0 atom stereocenters. The molecule has 10 nitrogen and oxygen atoms in total. The first-order chi connectivity index (χ1) is 14.7. The summed E-state index contributed by atoms with van der Waals surface area (Å²) in [6, 6.07) is 0.0396. The first kappa shape index (κ1) is 22.5. The smallest absolute Gasteiger partial charge is 0.291 e. The molecule has 0 spiro atoms. The molecule has 0 radical (unpaired) electrons. The van der Waals surface area contributed by atoms with Crippen molar-refractivity contribution in [1.82, 2.24) is 24.4 Å². The molecule has 2 N–H and O–H groups in total. The van der Waals surface area contributed by atoms with E-state index in [1.165, 1.54) is 21.7 Å². The molecular weight excluding hydrogens is 402 g/mol. The normalized spacial score (nSPS) is 14.0. The van der Waals surface area contributed by atoms with Crippen molar-refractivity contribution in [3.63, 3.8) is 0 Å². The van der Waals surface area contributed by atoms with E-state index in [0.717, 1.165) is 17.4 Å². The Hall–Kier alpha value is -3.14. The summed E-state index contributed by atoms with van der Waals surface area (Å²) < 4.78 is 7.58. The lowest BCUT2D eigenvalue weighted by atomic mass is 10.2. The van der Waals surface area contributed by atoms with E-state index in [0.29, 0.717) is 30.9 Å². The summed E-state index contributed by atoms with van der Waals surface area (Å²) >= 11 is 0. The van der Waals surface area contributed by atoms with Crippen molar-refractivity contribution in [3.8, 4) is 5.88 Å². The van der Waals surface area contributed by atoms with Gasteiger partial charge in [0, 0.05) is 44.9 Å². The first-order valence-corrected chi connectivity index (χ1v) is 10.3. The number of nitrogens with one attached hydrogen (secondary N) is 1. The summed E-state index contributed by atoms with van der Waals surface area (Å²) in [5.41, 5.74) is -0.221. The summed E-state index contributed by atoms with van der Waals surface area (Å²) in [4.78, 5) is 39.4. The fourth-order valence-electron chi connectivity index (χ4n) is 3.18. The molecule has 0 saturated heterocycles. The standard InChI is InChI=1S/C21H29N5O5/c1-13(2)12-25-19-14(5-8-16(27)24(3)9-10-31-4)11-22-26(19)21(30)17(20(25)29)18(28)23-15-6-7-15/h5,8,11,13,15,29H,6-7,9-10,12H2,1-4H3,(H,23,28)/b8-5+. The van der Waals surface area contributed by atoms with Crippen molar-refractivity contribution in [3.05, 3.63) is 33.8 Å². The molecule has 0 unspecified atom stereocenters. The Bertz CT molecular complexity index is 1060. The molecule has 3 rings (SSSR count). The van der Waals surface area contributed by atoms with Crippen LogP contribution in [0.2, 0.25) is 0 Å². The van der Waals surface area contributed by atoms with Gasteiger partial charge in [0.25, 0.3) is 11.5 Å². The number of carbonyl (C=O) groups excluding carboxylic acids is 2. The lowest BCUT2D eigenvalue weighted by Gasteiger charge is -2.17. The van der Waals surface area contributed by atoms with Gasteiger partial charge in [-0.05, 0) is 24.8 Å². The van der Waals surface area contributed by atoms with Gasteiger partial charge < -0.3 is 20.1 Å². The van der Waals surface area contributed by atoms with Crippen LogP contribution in [0.25, 0.3) is 11.7 Å². The number of hydrogen-bond donors (Lipinski definition) is 2. The molecule has 2 amide bonds. The number of hydrogen-bond acceptors (Lipinski definition) is 6. The Kier molecular flexibility index (Phi) is 6.79. The quantitative estimate of drug-likeness (QED) is 0.569.